The number of hydrogen-bond acceptors (Lipinski definition) is 2. The van der Waals surface area contributed by atoms with E-state index in [1.165, 1.54) is 109 Å². The Morgan fingerprint density at radius 1 is 0.688 bits per heavy atom. The summed E-state index contributed by atoms with van der Waals surface area (Å²) in [7, 11) is 4.46. The summed E-state index contributed by atoms with van der Waals surface area (Å²) in [4.78, 5) is 12.8. The summed E-state index contributed by atoms with van der Waals surface area (Å²) in [5.74, 6) is 0.229. The molecule has 1 N–H and O–H groups in total. The minimum Gasteiger partial charge on any atom is -0.481 e. The highest BCUT2D eigenvalue weighted by molar-refractivity contribution is 5.66. The van der Waals surface area contributed by atoms with Gasteiger partial charge in [0.15, 0.2) is 0 Å². The van der Waals surface area contributed by atoms with Crippen LogP contribution in [0.2, 0.25) is 0 Å². The van der Waals surface area contributed by atoms with Crippen molar-refractivity contribution < 1.29 is 9.90 Å². The quantitative estimate of drug-likeness (QED) is 0.111. The van der Waals surface area contributed by atoms with Crippen molar-refractivity contribution in [3.8, 4) is 0 Å². The molecule has 0 saturated carbocycles. The van der Waals surface area contributed by atoms with Gasteiger partial charge in [0.25, 0.3) is 0 Å². The second-order valence-electron chi connectivity index (χ2n) is 10.2. The van der Waals surface area contributed by atoms with E-state index >= 15 is 0 Å². The predicted molar refractivity (Wildman–Crippen MR) is 141 cm³/mol. The first-order valence-electron chi connectivity index (χ1n) is 14.1. The van der Waals surface area contributed by atoms with E-state index in [-0.39, 0.29) is 0 Å². The molecule has 0 saturated heterocycles. The third-order valence-corrected chi connectivity index (χ3v) is 6.50. The van der Waals surface area contributed by atoms with Crippen LogP contribution in [0.5, 0.6) is 0 Å². The fraction of sp³-hybridized carbons (Fsp3) is 0.897. The third-order valence-electron chi connectivity index (χ3n) is 6.50. The summed E-state index contributed by atoms with van der Waals surface area (Å²) in [6, 6.07) is 0. The van der Waals surface area contributed by atoms with Crippen molar-refractivity contribution in [3.63, 3.8) is 0 Å². The number of unbranched alkanes of at least 4 members (excludes halogenated alkanes) is 15. The fourth-order valence-corrected chi connectivity index (χ4v) is 4.59. The summed E-state index contributed by atoms with van der Waals surface area (Å²) in [5, 5.41) is 8.61. The van der Waals surface area contributed by atoms with E-state index in [1.807, 2.05) is 0 Å². The summed E-state index contributed by atoms with van der Waals surface area (Å²) in [6.07, 6.45) is 31.3. The van der Waals surface area contributed by atoms with Gasteiger partial charge in [0.05, 0.1) is 0 Å². The predicted octanol–water partition coefficient (Wildman–Crippen LogP) is 9.02. The van der Waals surface area contributed by atoms with Crippen LogP contribution in [0.3, 0.4) is 0 Å². The van der Waals surface area contributed by atoms with Gasteiger partial charge in [0.1, 0.15) is 0 Å². The van der Waals surface area contributed by atoms with Crippen LogP contribution in [0.4, 0.5) is 0 Å². The van der Waals surface area contributed by atoms with Gasteiger partial charge in [-0.15, -0.1) is 0 Å². The van der Waals surface area contributed by atoms with Crippen LogP contribution < -0.4 is 0 Å². The number of carbonyl (C=O) groups is 1. The average molecular weight is 452 g/mol. The first-order chi connectivity index (χ1) is 15.6. The van der Waals surface area contributed by atoms with Crippen molar-refractivity contribution in [3.05, 3.63) is 12.2 Å². The maximum atomic E-state index is 10.5. The van der Waals surface area contributed by atoms with E-state index in [4.69, 9.17) is 5.11 Å². The average Bonchev–Trinajstić information content (AvgIpc) is 2.75. The van der Waals surface area contributed by atoms with E-state index in [1.54, 1.807) is 0 Å². The second-order valence-corrected chi connectivity index (χ2v) is 10.2. The van der Waals surface area contributed by atoms with Crippen molar-refractivity contribution >= 4 is 5.97 Å². The van der Waals surface area contributed by atoms with Crippen LogP contribution in [-0.4, -0.2) is 36.6 Å². The third kappa shape index (κ3) is 25.4. The lowest BCUT2D eigenvalue weighted by atomic mass is 9.93. The first-order valence-corrected chi connectivity index (χ1v) is 14.1. The van der Waals surface area contributed by atoms with Crippen molar-refractivity contribution in [2.75, 3.05) is 20.6 Å². The van der Waals surface area contributed by atoms with Gasteiger partial charge in [-0.3, -0.25) is 4.79 Å². The molecule has 190 valence electrons. The second kappa shape index (κ2) is 24.8. The Hall–Kier alpha value is -0.830. The minimum absolute atomic E-state index is 0.319. The monoisotopic (exact) mass is 451 g/mol. The number of aliphatic carboxylic acids is 1. The number of carboxylic acids is 1. The van der Waals surface area contributed by atoms with Gasteiger partial charge in [-0.2, -0.15) is 0 Å². The molecular formula is C29H57NO2. The van der Waals surface area contributed by atoms with Crippen LogP contribution >= 0.6 is 0 Å². The zero-order valence-electron chi connectivity index (χ0n) is 22.1. The molecule has 0 amide bonds. The van der Waals surface area contributed by atoms with E-state index in [0.29, 0.717) is 6.42 Å². The summed E-state index contributed by atoms with van der Waals surface area (Å²) >= 11 is 0. The van der Waals surface area contributed by atoms with Crippen LogP contribution in [0, 0.1) is 5.92 Å². The molecule has 0 aliphatic heterocycles. The molecular weight excluding hydrogens is 394 g/mol. The van der Waals surface area contributed by atoms with Gasteiger partial charge in [-0.1, -0.05) is 103 Å². The van der Waals surface area contributed by atoms with E-state index in [0.717, 1.165) is 31.6 Å². The SMILES string of the molecule is CCCCCCCCCC(CCCCCCCCC=CCCCCCC(=O)O)CN(C)C. The van der Waals surface area contributed by atoms with Crippen LogP contribution in [0.25, 0.3) is 0 Å². The Bertz CT molecular complexity index is 419. The Labute approximate surface area is 201 Å². The molecule has 0 heterocycles. The first kappa shape index (κ1) is 31.2. The van der Waals surface area contributed by atoms with E-state index < -0.39 is 5.97 Å². The molecule has 0 rings (SSSR count). The number of carboxylic acid groups (broad SMARTS) is 1. The molecule has 0 aromatic carbocycles. The molecule has 0 fully saturated rings. The lowest BCUT2D eigenvalue weighted by Gasteiger charge is -2.21. The molecule has 1 atom stereocenters. The molecule has 0 aliphatic rings. The highest BCUT2D eigenvalue weighted by Gasteiger charge is 2.09. The molecule has 3 heteroatoms. The summed E-state index contributed by atoms with van der Waals surface area (Å²) in [6.45, 7) is 3.56. The van der Waals surface area contributed by atoms with Gasteiger partial charge in [0, 0.05) is 13.0 Å². The lowest BCUT2D eigenvalue weighted by molar-refractivity contribution is -0.137. The number of allylic oxidation sites excluding steroid dienone is 2. The number of hydrogen-bond donors (Lipinski definition) is 1. The molecule has 0 aromatic rings. The molecule has 0 bridgehead atoms. The topological polar surface area (TPSA) is 40.5 Å². The molecule has 0 aromatic heterocycles. The highest BCUT2D eigenvalue weighted by Crippen LogP contribution is 2.20. The smallest absolute Gasteiger partial charge is 0.303 e. The van der Waals surface area contributed by atoms with Gasteiger partial charge in [-0.05, 0) is 65.0 Å². The van der Waals surface area contributed by atoms with Gasteiger partial charge in [-0.25, -0.2) is 0 Å². The van der Waals surface area contributed by atoms with Crippen molar-refractivity contribution in [1.29, 1.82) is 0 Å². The zero-order valence-corrected chi connectivity index (χ0v) is 22.1. The molecule has 0 spiro atoms. The molecule has 32 heavy (non-hydrogen) atoms. The van der Waals surface area contributed by atoms with Gasteiger partial charge in [0.2, 0.25) is 0 Å². The van der Waals surface area contributed by atoms with Crippen LogP contribution in [0.15, 0.2) is 12.2 Å². The van der Waals surface area contributed by atoms with E-state index in [9.17, 15) is 4.79 Å². The van der Waals surface area contributed by atoms with E-state index in [2.05, 4.69) is 38.1 Å². The van der Waals surface area contributed by atoms with Crippen molar-refractivity contribution in [2.45, 2.75) is 142 Å². The molecule has 3 nitrogen and oxygen atoms in total. The Kier molecular flexibility index (Phi) is 24.2. The number of rotatable bonds is 25. The normalized spacial score (nSPS) is 12.8. The lowest BCUT2D eigenvalue weighted by Crippen LogP contribution is -2.21. The fourth-order valence-electron chi connectivity index (χ4n) is 4.59. The van der Waals surface area contributed by atoms with Crippen molar-refractivity contribution in [1.82, 2.24) is 4.90 Å². The Morgan fingerprint density at radius 3 is 1.59 bits per heavy atom. The molecule has 0 aliphatic carbocycles. The minimum atomic E-state index is -0.669. The maximum absolute atomic E-state index is 10.5. The zero-order chi connectivity index (χ0) is 23.7. The van der Waals surface area contributed by atoms with Gasteiger partial charge < -0.3 is 10.0 Å². The standard InChI is InChI=1S/C29H57NO2/c1-4-5-6-7-15-18-21-24-28(27-30(2)3)25-22-19-16-13-11-9-8-10-12-14-17-20-23-26-29(31)32/h10,12,28H,4-9,11,13-27H2,1-3H3,(H,31,32). The van der Waals surface area contributed by atoms with Crippen LogP contribution in [-0.2, 0) is 4.79 Å². The van der Waals surface area contributed by atoms with Crippen molar-refractivity contribution in [2.24, 2.45) is 5.92 Å². The summed E-state index contributed by atoms with van der Waals surface area (Å²) < 4.78 is 0. The largest absolute Gasteiger partial charge is 0.481 e. The summed E-state index contributed by atoms with van der Waals surface area (Å²) in [5.41, 5.74) is 0. The number of nitrogens with zero attached hydrogens (tertiary/aromatic N) is 1. The molecule has 0 radical (unpaired) electrons. The van der Waals surface area contributed by atoms with Gasteiger partial charge >= 0.3 is 5.97 Å². The Morgan fingerprint density at radius 2 is 1.12 bits per heavy atom. The van der Waals surface area contributed by atoms with Crippen LogP contribution in [0.1, 0.15) is 142 Å². The highest BCUT2D eigenvalue weighted by atomic mass is 16.4. The maximum Gasteiger partial charge on any atom is 0.303 e. The molecule has 1 unspecified atom stereocenters. The Balaban J connectivity index is 3.54.